The molecule has 7 atom stereocenters. The van der Waals surface area contributed by atoms with Crippen molar-refractivity contribution in [3.05, 3.63) is 95.3 Å². The molecule has 0 aliphatic carbocycles. The van der Waals surface area contributed by atoms with Gasteiger partial charge in [-0.3, -0.25) is 14.4 Å². The molecule has 2 unspecified atom stereocenters. The number of unbranched alkanes of at least 4 members (excludes halogenated alkanes) is 7. The highest BCUT2D eigenvalue weighted by Gasteiger charge is 2.48. The normalized spacial score (nSPS) is 17.8. The van der Waals surface area contributed by atoms with Crippen LogP contribution in [0.25, 0.3) is 0 Å². The van der Waals surface area contributed by atoms with E-state index in [0.29, 0.717) is 43.5 Å². The molecule has 3 aromatic carbocycles. The number of ether oxygens (including phenoxy) is 1. The van der Waals surface area contributed by atoms with Gasteiger partial charge in [0.25, 0.3) is 0 Å². The smallest absolute Gasteiger partial charge is 0.233 e. The molecule has 3 amide bonds. The molecule has 1 fully saturated rings. The Morgan fingerprint density at radius 3 is 1.86 bits per heavy atom. The molecule has 0 bridgehead atoms. The van der Waals surface area contributed by atoms with E-state index in [1.165, 1.54) is 12.1 Å². The van der Waals surface area contributed by atoms with Crippen molar-refractivity contribution in [3.63, 3.8) is 0 Å². The van der Waals surface area contributed by atoms with Gasteiger partial charge in [0.05, 0.1) is 37.9 Å². The molecular weight excluding hydrogens is 749 g/mol. The summed E-state index contributed by atoms with van der Waals surface area (Å²) in [6.45, 7) is -0.681. The fourth-order valence-corrected chi connectivity index (χ4v) is 7.18. The number of β-lactam (4-membered cyclic amide) rings is 1. The van der Waals surface area contributed by atoms with E-state index in [4.69, 9.17) is 9.84 Å². The van der Waals surface area contributed by atoms with Crippen LogP contribution >= 0.6 is 0 Å². The van der Waals surface area contributed by atoms with Crippen molar-refractivity contribution in [2.75, 3.05) is 25.2 Å². The molecule has 4 rings (SSSR count). The van der Waals surface area contributed by atoms with Crippen LogP contribution in [0.4, 0.5) is 10.1 Å². The molecule has 3 aromatic rings. The Bertz CT molecular complexity index is 1700. The van der Waals surface area contributed by atoms with Gasteiger partial charge in [-0.05, 0) is 78.8 Å². The van der Waals surface area contributed by atoms with Crippen LogP contribution < -0.4 is 20.3 Å². The lowest BCUT2D eigenvalue weighted by Gasteiger charge is -2.48. The first kappa shape index (κ1) is 46.3. The van der Waals surface area contributed by atoms with E-state index in [-0.39, 0.29) is 48.5 Å². The Kier molecular flexibility index (Phi) is 19.0. The minimum absolute atomic E-state index is 0.0218. The Hall–Kier alpha value is -4.44. The first-order valence-electron chi connectivity index (χ1n) is 20.3. The van der Waals surface area contributed by atoms with E-state index in [1.807, 2.05) is 48.5 Å². The van der Waals surface area contributed by atoms with Crippen molar-refractivity contribution in [3.8, 4) is 5.75 Å². The second-order valence-corrected chi connectivity index (χ2v) is 15.1. The fourth-order valence-electron chi connectivity index (χ4n) is 7.18. The number of nitrogens with zero attached hydrogens (tertiary/aromatic N) is 1. The third-order valence-corrected chi connectivity index (χ3v) is 10.8. The van der Waals surface area contributed by atoms with Crippen LogP contribution in [-0.4, -0.2) is 93.0 Å². The Balaban J connectivity index is 1.10. The van der Waals surface area contributed by atoms with Gasteiger partial charge in [-0.1, -0.05) is 74.9 Å². The summed E-state index contributed by atoms with van der Waals surface area (Å²) in [5.41, 5.74) is 3.21. The molecule has 13 nitrogen and oxygen atoms in total. The van der Waals surface area contributed by atoms with Gasteiger partial charge in [-0.15, -0.1) is 0 Å². The molecule has 0 aromatic heterocycles. The van der Waals surface area contributed by atoms with E-state index < -0.39 is 37.1 Å². The number of aliphatic hydroxyl groups is 6. The summed E-state index contributed by atoms with van der Waals surface area (Å²) in [4.78, 5) is 39.9. The van der Waals surface area contributed by atoms with Gasteiger partial charge >= 0.3 is 0 Å². The highest BCUT2D eigenvalue weighted by Crippen LogP contribution is 2.46. The van der Waals surface area contributed by atoms with Crippen molar-refractivity contribution in [1.82, 2.24) is 10.6 Å². The number of benzene rings is 3. The number of nitrogens with one attached hydrogen (secondary N) is 2. The number of halogens is 1. The number of methoxy groups -OCH3 is 1. The summed E-state index contributed by atoms with van der Waals surface area (Å²) < 4.78 is 18.7. The molecule has 0 radical (unpaired) electrons. The molecular formula is C44H60FN3O10. The summed E-state index contributed by atoms with van der Waals surface area (Å²) in [5.74, 6) is -0.357. The molecule has 1 aliphatic heterocycles. The highest BCUT2D eigenvalue weighted by atomic mass is 19.1. The lowest BCUT2D eigenvalue weighted by atomic mass is 9.78. The fraction of sp³-hybridized carbons (Fsp3) is 0.523. The van der Waals surface area contributed by atoms with E-state index in [0.717, 1.165) is 61.8 Å². The maximum atomic E-state index is 13.6. The molecule has 1 aliphatic rings. The highest BCUT2D eigenvalue weighted by molar-refractivity contribution is 6.03. The zero-order valence-corrected chi connectivity index (χ0v) is 33.2. The van der Waals surface area contributed by atoms with Gasteiger partial charge in [0.15, 0.2) is 0 Å². The second-order valence-electron chi connectivity index (χ2n) is 15.1. The van der Waals surface area contributed by atoms with Crippen molar-refractivity contribution in [1.29, 1.82) is 0 Å². The molecule has 318 valence electrons. The van der Waals surface area contributed by atoms with Crippen LogP contribution in [-0.2, 0) is 20.9 Å². The largest absolute Gasteiger partial charge is 0.497 e. The lowest BCUT2D eigenvalue weighted by molar-refractivity contribution is -0.131. The lowest BCUT2D eigenvalue weighted by Crippen LogP contribution is -2.55. The number of amides is 3. The number of carbonyl (C=O) groups excluding carboxylic acids is 3. The van der Waals surface area contributed by atoms with Gasteiger partial charge in [0.1, 0.15) is 29.9 Å². The van der Waals surface area contributed by atoms with Crippen molar-refractivity contribution in [2.45, 2.75) is 120 Å². The third-order valence-electron chi connectivity index (χ3n) is 10.8. The predicted octanol–water partition coefficient (Wildman–Crippen LogP) is 4.12. The minimum atomic E-state index is -1.73. The molecule has 1 saturated heterocycles. The summed E-state index contributed by atoms with van der Waals surface area (Å²) in [5, 5.41) is 63.8. The van der Waals surface area contributed by atoms with E-state index in [2.05, 4.69) is 10.6 Å². The SMILES string of the molecule is COc1ccc([C@@H]2[C@@H](CC[C@H](O)c3ccc(F)cc3)C(=O)N2c2ccc(CNC(=O)CCCCCCCCCCC(=O)NC[C@H](O)C(O)C(O)[C@H](O)CO)cc2)cc1. The van der Waals surface area contributed by atoms with Crippen LogP contribution in [0.1, 0.15) is 106 Å². The summed E-state index contributed by atoms with van der Waals surface area (Å²) >= 11 is 0. The molecule has 58 heavy (non-hydrogen) atoms. The Labute approximate surface area is 339 Å². The quantitative estimate of drug-likeness (QED) is 0.0430. The Morgan fingerprint density at radius 1 is 0.741 bits per heavy atom. The minimum Gasteiger partial charge on any atom is -0.497 e. The first-order valence-corrected chi connectivity index (χ1v) is 20.3. The predicted molar refractivity (Wildman–Crippen MR) is 216 cm³/mol. The van der Waals surface area contributed by atoms with Gasteiger partial charge in [0.2, 0.25) is 17.7 Å². The zero-order chi connectivity index (χ0) is 42.0. The van der Waals surface area contributed by atoms with Gasteiger partial charge in [0, 0.05) is 31.6 Å². The van der Waals surface area contributed by atoms with E-state index in [9.17, 15) is 44.3 Å². The number of hydrogen-bond donors (Lipinski definition) is 8. The van der Waals surface area contributed by atoms with Gasteiger partial charge in [-0.25, -0.2) is 4.39 Å². The molecule has 8 N–H and O–H groups in total. The van der Waals surface area contributed by atoms with Crippen molar-refractivity contribution < 1.29 is 54.2 Å². The van der Waals surface area contributed by atoms with Crippen molar-refractivity contribution >= 4 is 23.4 Å². The average molecular weight is 810 g/mol. The Morgan fingerprint density at radius 2 is 1.29 bits per heavy atom. The number of carbonyl (C=O) groups is 3. The van der Waals surface area contributed by atoms with Crippen LogP contribution in [0.15, 0.2) is 72.8 Å². The second kappa shape index (κ2) is 23.8. The molecule has 0 saturated carbocycles. The summed E-state index contributed by atoms with van der Waals surface area (Å²) in [6, 6.07) is 20.7. The maximum absolute atomic E-state index is 13.6. The van der Waals surface area contributed by atoms with Crippen LogP contribution in [0.2, 0.25) is 0 Å². The van der Waals surface area contributed by atoms with Crippen LogP contribution in [0, 0.1) is 11.7 Å². The average Bonchev–Trinajstić information content (AvgIpc) is 3.24. The number of hydrogen-bond acceptors (Lipinski definition) is 10. The third kappa shape index (κ3) is 13.8. The van der Waals surface area contributed by atoms with E-state index in [1.54, 1.807) is 24.1 Å². The summed E-state index contributed by atoms with van der Waals surface area (Å²) in [6.07, 6.45) is 1.46. The summed E-state index contributed by atoms with van der Waals surface area (Å²) in [7, 11) is 1.60. The monoisotopic (exact) mass is 809 g/mol. The maximum Gasteiger partial charge on any atom is 0.233 e. The molecule has 1 heterocycles. The first-order chi connectivity index (χ1) is 27.9. The standard InChI is InChI=1S/C44H60FN3O10/c1-58-34-22-16-31(17-23-34)41-35(24-25-36(50)30-14-18-32(45)19-15-30)44(57)48(41)33-20-12-29(13-21-33)26-46-39(53)10-8-6-4-2-3-5-7-9-11-40(54)47-27-37(51)42(55)43(56)38(52)28-49/h12-23,35-38,41-43,49-52,55-56H,2-11,24-28H2,1H3,(H,46,53)(H,47,54)/t35-,36+,37+,38-,41-,42?,43?/m1/s1. The van der Waals surface area contributed by atoms with Crippen LogP contribution in [0.3, 0.4) is 0 Å². The molecule has 14 heteroatoms. The van der Waals surface area contributed by atoms with Gasteiger partial charge < -0.3 is 50.9 Å². The number of aliphatic hydroxyl groups excluding tert-OH is 6. The van der Waals surface area contributed by atoms with E-state index >= 15 is 0 Å². The molecule has 0 spiro atoms. The van der Waals surface area contributed by atoms with Crippen molar-refractivity contribution in [2.24, 2.45) is 5.92 Å². The number of rotatable bonds is 26. The van der Waals surface area contributed by atoms with Crippen LogP contribution in [0.5, 0.6) is 5.75 Å². The van der Waals surface area contributed by atoms with Gasteiger partial charge in [-0.2, -0.15) is 0 Å². The topological polar surface area (TPSA) is 209 Å². The zero-order valence-electron chi connectivity index (χ0n) is 33.2. The number of anilines is 1.